The van der Waals surface area contributed by atoms with Gasteiger partial charge >= 0.3 is 0 Å². The maximum atomic E-state index is 6.62. The van der Waals surface area contributed by atoms with Gasteiger partial charge in [0.25, 0.3) is 0 Å². The highest BCUT2D eigenvalue weighted by molar-refractivity contribution is 6.27. The zero-order valence-corrected chi connectivity index (χ0v) is 30.8. The van der Waals surface area contributed by atoms with Gasteiger partial charge in [-0.1, -0.05) is 164 Å². The predicted octanol–water partition coefficient (Wildman–Crippen LogP) is 14.1. The Hall–Kier alpha value is -7.69. The number of hydrogen-bond donors (Lipinski definition) is 0. The molecule has 4 heteroatoms. The minimum Gasteiger partial charge on any atom is -0.456 e. The molecule has 8 aromatic carbocycles. The second-order valence-electron chi connectivity index (χ2n) is 14.3. The minimum absolute atomic E-state index is 0.670. The third-order valence-corrected chi connectivity index (χ3v) is 10.8. The summed E-state index contributed by atoms with van der Waals surface area (Å²) in [6.45, 7) is 0. The molecule has 0 amide bonds. The van der Waals surface area contributed by atoms with Gasteiger partial charge in [0, 0.05) is 54.7 Å². The summed E-state index contributed by atoms with van der Waals surface area (Å²) >= 11 is 0. The fourth-order valence-electron chi connectivity index (χ4n) is 8.21. The Morgan fingerprint density at radius 1 is 0.316 bits per heavy atom. The van der Waals surface area contributed by atoms with Crippen LogP contribution in [-0.4, -0.2) is 15.0 Å². The molecule has 266 valence electrons. The second-order valence-corrected chi connectivity index (χ2v) is 14.3. The summed E-state index contributed by atoms with van der Waals surface area (Å²) in [5, 5.41) is 5.49. The van der Waals surface area contributed by atoms with E-state index in [1.165, 1.54) is 0 Å². The number of para-hydroxylation sites is 2. The Kier molecular flexibility index (Phi) is 7.78. The second kappa shape index (κ2) is 13.6. The molecule has 11 rings (SSSR count). The van der Waals surface area contributed by atoms with Crippen LogP contribution in [0.2, 0.25) is 0 Å². The van der Waals surface area contributed by atoms with Crippen molar-refractivity contribution in [2.75, 3.05) is 0 Å². The molecule has 3 heterocycles. The third kappa shape index (κ3) is 5.74. The van der Waals surface area contributed by atoms with Crippen molar-refractivity contribution in [2.24, 2.45) is 0 Å². The summed E-state index contributed by atoms with van der Waals surface area (Å²) in [7, 11) is 0. The standard InChI is InChI=1S/C53H33N3O/c1-4-16-34(17-5-1)37-22-14-25-40(30-37)53-55-45(35-18-6-2-7-19-35)33-46(56-53)38-23-15-24-39(31-38)52-43-32-48-51(42-27-11-13-29-47(42)57-48)49(36-20-8-3-9-21-36)50(43)41-26-10-12-28-44(41)54-52/h1-33H. The fraction of sp³-hybridized carbons (Fsp3) is 0. The Morgan fingerprint density at radius 2 is 0.877 bits per heavy atom. The summed E-state index contributed by atoms with van der Waals surface area (Å²) < 4.78 is 6.62. The molecule has 0 radical (unpaired) electrons. The molecule has 0 fully saturated rings. The SMILES string of the molecule is c1ccc(-c2cccc(-c3nc(-c4ccccc4)cc(-c4cccc(-c5nc6ccccc6c6c(-c7ccccc7)c7c(cc56)oc5ccccc57)c4)n3)c2)cc1. The maximum absolute atomic E-state index is 6.62. The van der Waals surface area contributed by atoms with Gasteiger partial charge < -0.3 is 4.42 Å². The number of pyridine rings is 1. The monoisotopic (exact) mass is 727 g/mol. The quantitative estimate of drug-likeness (QED) is 0.160. The topological polar surface area (TPSA) is 51.8 Å². The summed E-state index contributed by atoms with van der Waals surface area (Å²) in [6.07, 6.45) is 0. The van der Waals surface area contributed by atoms with Gasteiger partial charge in [-0.3, -0.25) is 0 Å². The average Bonchev–Trinajstić information content (AvgIpc) is 3.67. The van der Waals surface area contributed by atoms with E-state index in [4.69, 9.17) is 19.4 Å². The Balaban J connectivity index is 1.15. The number of benzene rings is 8. The van der Waals surface area contributed by atoms with E-state index < -0.39 is 0 Å². The molecule has 4 nitrogen and oxygen atoms in total. The number of furan rings is 1. The zero-order valence-electron chi connectivity index (χ0n) is 30.8. The van der Waals surface area contributed by atoms with Crippen molar-refractivity contribution in [1.82, 2.24) is 15.0 Å². The van der Waals surface area contributed by atoms with Gasteiger partial charge in [0.15, 0.2) is 5.82 Å². The number of nitrogens with zero attached hydrogens (tertiary/aromatic N) is 3. The van der Waals surface area contributed by atoms with Crippen LogP contribution in [0.1, 0.15) is 0 Å². The minimum atomic E-state index is 0.670. The molecule has 0 N–H and O–H groups in total. The first kappa shape index (κ1) is 32.7. The van der Waals surface area contributed by atoms with Crippen molar-refractivity contribution >= 4 is 43.6 Å². The van der Waals surface area contributed by atoms with E-state index in [1.54, 1.807) is 0 Å². The van der Waals surface area contributed by atoms with Crippen LogP contribution in [0.15, 0.2) is 205 Å². The highest BCUT2D eigenvalue weighted by Gasteiger charge is 2.22. The lowest BCUT2D eigenvalue weighted by molar-refractivity contribution is 0.669. The summed E-state index contributed by atoms with van der Waals surface area (Å²) in [5.41, 5.74) is 13.7. The lowest BCUT2D eigenvalue weighted by Gasteiger charge is -2.16. The normalized spacial score (nSPS) is 11.5. The van der Waals surface area contributed by atoms with Crippen molar-refractivity contribution in [2.45, 2.75) is 0 Å². The van der Waals surface area contributed by atoms with Gasteiger partial charge in [0.2, 0.25) is 0 Å². The fourth-order valence-corrected chi connectivity index (χ4v) is 8.21. The van der Waals surface area contributed by atoms with Crippen LogP contribution in [-0.2, 0) is 0 Å². The predicted molar refractivity (Wildman–Crippen MR) is 235 cm³/mol. The highest BCUT2D eigenvalue weighted by atomic mass is 16.3. The number of aromatic nitrogens is 3. The van der Waals surface area contributed by atoms with Crippen LogP contribution in [0.5, 0.6) is 0 Å². The van der Waals surface area contributed by atoms with Gasteiger partial charge in [0.1, 0.15) is 11.2 Å². The lowest BCUT2D eigenvalue weighted by Crippen LogP contribution is -1.97. The van der Waals surface area contributed by atoms with Crippen molar-refractivity contribution < 1.29 is 4.42 Å². The molecule has 0 atom stereocenters. The average molecular weight is 728 g/mol. The first-order valence-corrected chi connectivity index (χ1v) is 19.2. The van der Waals surface area contributed by atoms with Crippen molar-refractivity contribution in [1.29, 1.82) is 0 Å². The van der Waals surface area contributed by atoms with Gasteiger partial charge in [0.05, 0.1) is 22.6 Å². The summed E-state index contributed by atoms with van der Waals surface area (Å²) in [6, 6.07) is 69.5. The molecular formula is C53H33N3O. The van der Waals surface area contributed by atoms with Crippen LogP contribution in [0.4, 0.5) is 0 Å². The molecule has 0 aliphatic rings. The maximum Gasteiger partial charge on any atom is 0.160 e. The van der Waals surface area contributed by atoms with Crippen LogP contribution in [0, 0.1) is 0 Å². The number of fused-ring (bicyclic) bond motifs is 6. The Morgan fingerprint density at radius 3 is 1.65 bits per heavy atom. The van der Waals surface area contributed by atoms with E-state index in [1.807, 2.05) is 36.4 Å². The van der Waals surface area contributed by atoms with Crippen molar-refractivity contribution in [3.8, 4) is 67.4 Å². The molecule has 0 spiro atoms. The summed E-state index contributed by atoms with van der Waals surface area (Å²) in [4.78, 5) is 15.8. The van der Waals surface area contributed by atoms with Crippen LogP contribution in [0.3, 0.4) is 0 Å². The molecule has 0 saturated heterocycles. The van der Waals surface area contributed by atoms with E-state index in [-0.39, 0.29) is 0 Å². The largest absolute Gasteiger partial charge is 0.456 e. The van der Waals surface area contributed by atoms with Crippen molar-refractivity contribution in [3.63, 3.8) is 0 Å². The number of hydrogen-bond acceptors (Lipinski definition) is 4. The van der Waals surface area contributed by atoms with Gasteiger partial charge in [-0.05, 0) is 53.1 Å². The van der Waals surface area contributed by atoms with E-state index in [9.17, 15) is 0 Å². The molecule has 11 aromatic rings. The van der Waals surface area contributed by atoms with Crippen LogP contribution < -0.4 is 0 Å². The Bertz CT molecular complexity index is 3280. The first-order valence-electron chi connectivity index (χ1n) is 19.2. The van der Waals surface area contributed by atoms with Crippen LogP contribution >= 0.6 is 0 Å². The van der Waals surface area contributed by atoms with E-state index >= 15 is 0 Å². The van der Waals surface area contributed by atoms with E-state index in [0.717, 1.165) is 105 Å². The molecule has 0 unspecified atom stereocenters. The van der Waals surface area contributed by atoms with Crippen LogP contribution in [0.25, 0.3) is 111 Å². The zero-order chi connectivity index (χ0) is 37.7. The van der Waals surface area contributed by atoms with E-state index in [2.05, 4.69) is 164 Å². The molecule has 0 aliphatic carbocycles. The summed E-state index contributed by atoms with van der Waals surface area (Å²) in [5.74, 6) is 0.670. The molecule has 3 aromatic heterocycles. The molecule has 0 aliphatic heterocycles. The van der Waals surface area contributed by atoms with Gasteiger partial charge in [-0.25, -0.2) is 15.0 Å². The van der Waals surface area contributed by atoms with Gasteiger partial charge in [-0.15, -0.1) is 0 Å². The molecular weight excluding hydrogens is 695 g/mol. The van der Waals surface area contributed by atoms with Gasteiger partial charge in [-0.2, -0.15) is 0 Å². The first-order chi connectivity index (χ1) is 28.2. The molecule has 57 heavy (non-hydrogen) atoms. The smallest absolute Gasteiger partial charge is 0.160 e. The molecule has 0 saturated carbocycles. The third-order valence-electron chi connectivity index (χ3n) is 10.8. The van der Waals surface area contributed by atoms with Crippen molar-refractivity contribution in [3.05, 3.63) is 200 Å². The lowest BCUT2D eigenvalue weighted by atomic mass is 9.89. The molecule has 0 bridgehead atoms. The number of rotatable bonds is 6. The van der Waals surface area contributed by atoms with E-state index in [0.29, 0.717) is 5.82 Å². The highest BCUT2D eigenvalue weighted by Crippen LogP contribution is 2.46. The Labute approximate surface area is 329 Å².